The van der Waals surface area contributed by atoms with Crippen LogP contribution in [0.15, 0.2) is 34.7 Å². The number of carbonyl (C=O) groups is 1. The van der Waals surface area contributed by atoms with Crippen molar-refractivity contribution in [1.82, 2.24) is 14.9 Å². The third kappa shape index (κ3) is 2.84. The summed E-state index contributed by atoms with van der Waals surface area (Å²) in [6, 6.07) is 5.77. The van der Waals surface area contributed by atoms with Gasteiger partial charge < -0.3 is 5.32 Å². The van der Waals surface area contributed by atoms with Crippen molar-refractivity contribution in [3.63, 3.8) is 0 Å². The zero-order valence-electron chi connectivity index (χ0n) is 14.9. The van der Waals surface area contributed by atoms with Crippen molar-refractivity contribution in [2.75, 3.05) is 6.54 Å². The van der Waals surface area contributed by atoms with Crippen molar-refractivity contribution in [3.05, 3.63) is 51.4 Å². The van der Waals surface area contributed by atoms with E-state index < -0.39 is 6.04 Å². The second kappa shape index (κ2) is 6.68. The average molecular weight is 367 g/mol. The number of hydrogen-bond acceptors (Lipinski definition) is 4. The van der Waals surface area contributed by atoms with E-state index in [0.29, 0.717) is 18.4 Å². The van der Waals surface area contributed by atoms with Crippen LogP contribution in [0.5, 0.6) is 0 Å². The molecular weight excluding hydrogens is 346 g/mol. The highest BCUT2D eigenvalue weighted by Crippen LogP contribution is 2.33. The maximum Gasteiger partial charge on any atom is 0.263 e. The molecule has 0 aliphatic carbocycles. The fourth-order valence-electron chi connectivity index (χ4n) is 3.58. The molecule has 3 heterocycles. The van der Waals surface area contributed by atoms with Crippen LogP contribution < -0.4 is 10.9 Å². The molecule has 0 bridgehead atoms. The SMILES string of the molecule is Cc1ccc(C)c(-c2csc3ncn([C@H]4CCCCNC4=O)c(=O)c23)c1. The molecule has 1 aliphatic rings. The Kier molecular flexibility index (Phi) is 4.36. The van der Waals surface area contributed by atoms with Gasteiger partial charge in [0.2, 0.25) is 5.91 Å². The highest BCUT2D eigenvalue weighted by Gasteiger charge is 2.25. The first kappa shape index (κ1) is 17.0. The molecule has 1 aromatic carbocycles. The fraction of sp³-hybridized carbons (Fsp3) is 0.350. The topological polar surface area (TPSA) is 64.0 Å². The first-order chi connectivity index (χ1) is 12.6. The van der Waals surface area contributed by atoms with Crippen LogP contribution in [0.2, 0.25) is 0 Å². The van der Waals surface area contributed by atoms with Crippen LogP contribution in [0.25, 0.3) is 21.3 Å². The Balaban J connectivity index is 1.91. The molecule has 1 saturated heterocycles. The predicted molar refractivity (Wildman–Crippen MR) is 105 cm³/mol. The van der Waals surface area contributed by atoms with Crippen molar-refractivity contribution >= 4 is 27.5 Å². The summed E-state index contributed by atoms with van der Waals surface area (Å²) in [7, 11) is 0. The third-order valence-electron chi connectivity index (χ3n) is 5.04. The molecule has 1 amide bonds. The van der Waals surface area contributed by atoms with E-state index in [1.54, 1.807) is 0 Å². The summed E-state index contributed by atoms with van der Waals surface area (Å²) in [5.41, 5.74) is 4.11. The Morgan fingerprint density at radius 1 is 1.19 bits per heavy atom. The number of nitrogens with zero attached hydrogens (tertiary/aromatic N) is 2. The smallest absolute Gasteiger partial charge is 0.263 e. The minimum Gasteiger partial charge on any atom is -0.354 e. The molecular formula is C20H21N3O2S. The van der Waals surface area contributed by atoms with E-state index in [-0.39, 0.29) is 11.5 Å². The van der Waals surface area contributed by atoms with Gasteiger partial charge in [0.1, 0.15) is 10.9 Å². The van der Waals surface area contributed by atoms with Crippen molar-refractivity contribution < 1.29 is 4.79 Å². The van der Waals surface area contributed by atoms with Gasteiger partial charge in [-0.3, -0.25) is 14.2 Å². The Hall–Kier alpha value is -2.47. The van der Waals surface area contributed by atoms with Gasteiger partial charge in [-0.25, -0.2) is 4.98 Å². The number of aryl methyl sites for hydroxylation is 2. The number of nitrogens with one attached hydrogen (secondary N) is 1. The van der Waals surface area contributed by atoms with Crippen LogP contribution >= 0.6 is 11.3 Å². The summed E-state index contributed by atoms with van der Waals surface area (Å²) < 4.78 is 1.52. The number of hydrogen-bond donors (Lipinski definition) is 1. The van der Waals surface area contributed by atoms with Crippen LogP contribution in [0.3, 0.4) is 0 Å². The number of benzene rings is 1. The molecule has 0 spiro atoms. The molecule has 5 nitrogen and oxygen atoms in total. The number of amides is 1. The van der Waals surface area contributed by atoms with Crippen molar-refractivity contribution in [1.29, 1.82) is 0 Å². The summed E-state index contributed by atoms with van der Waals surface area (Å²) in [6.07, 6.45) is 4.06. The van der Waals surface area contributed by atoms with Crippen molar-refractivity contribution in [3.8, 4) is 11.1 Å². The van der Waals surface area contributed by atoms with Crippen LogP contribution in [-0.2, 0) is 4.79 Å². The first-order valence-corrected chi connectivity index (χ1v) is 9.78. The van der Waals surface area contributed by atoms with Gasteiger partial charge in [-0.05, 0) is 44.2 Å². The molecule has 3 aromatic rings. The zero-order chi connectivity index (χ0) is 18.3. The van der Waals surface area contributed by atoms with E-state index in [9.17, 15) is 9.59 Å². The molecule has 1 fully saturated rings. The van der Waals surface area contributed by atoms with E-state index in [4.69, 9.17) is 0 Å². The van der Waals surface area contributed by atoms with E-state index in [1.165, 1.54) is 22.2 Å². The number of fused-ring (bicyclic) bond motifs is 1. The Morgan fingerprint density at radius 3 is 2.88 bits per heavy atom. The minimum absolute atomic E-state index is 0.0886. The minimum atomic E-state index is -0.478. The quantitative estimate of drug-likeness (QED) is 0.753. The molecule has 1 N–H and O–H groups in total. The average Bonchev–Trinajstić information content (AvgIpc) is 2.94. The van der Waals surface area contributed by atoms with Crippen molar-refractivity contribution in [2.45, 2.75) is 39.2 Å². The standard InChI is InChI=1S/C20H21N3O2S/c1-12-6-7-13(2)14(9-12)15-10-26-19-17(15)20(25)23(11-22-19)16-5-3-4-8-21-18(16)24/h6-7,9-11,16H,3-5,8H2,1-2H3,(H,21,24)/t16-/m0/s1. The highest BCUT2D eigenvalue weighted by atomic mass is 32.1. The molecule has 0 unspecified atom stereocenters. The predicted octanol–water partition coefficient (Wildman–Crippen LogP) is 3.58. The second-order valence-corrected chi connectivity index (χ2v) is 7.77. The fourth-order valence-corrected chi connectivity index (χ4v) is 4.48. The lowest BCUT2D eigenvalue weighted by atomic mass is 9.99. The van der Waals surface area contributed by atoms with Gasteiger partial charge in [-0.2, -0.15) is 0 Å². The van der Waals surface area contributed by atoms with Gasteiger partial charge in [0.15, 0.2) is 0 Å². The van der Waals surface area contributed by atoms with Crippen LogP contribution in [0.1, 0.15) is 36.4 Å². The largest absolute Gasteiger partial charge is 0.354 e. The molecule has 1 aliphatic heterocycles. The Morgan fingerprint density at radius 2 is 2.04 bits per heavy atom. The highest BCUT2D eigenvalue weighted by molar-refractivity contribution is 7.17. The van der Waals surface area contributed by atoms with E-state index in [0.717, 1.165) is 39.9 Å². The molecule has 0 saturated carbocycles. The molecule has 4 rings (SSSR count). The Labute approximate surface area is 155 Å². The van der Waals surface area contributed by atoms with Crippen molar-refractivity contribution in [2.24, 2.45) is 0 Å². The zero-order valence-corrected chi connectivity index (χ0v) is 15.7. The summed E-state index contributed by atoms with van der Waals surface area (Å²) in [5.74, 6) is -0.0886. The lowest BCUT2D eigenvalue weighted by molar-refractivity contribution is -0.124. The third-order valence-corrected chi connectivity index (χ3v) is 5.93. The normalized spacial score (nSPS) is 17.9. The lowest BCUT2D eigenvalue weighted by Crippen LogP contribution is -2.36. The van der Waals surface area contributed by atoms with Gasteiger partial charge in [-0.1, -0.05) is 23.8 Å². The summed E-state index contributed by atoms with van der Waals surface area (Å²) in [6.45, 7) is 4.77. The number of aromatic nitrogens is 2. The van der Waals surface area contributed by atoms with Crippen LogP contribution in [-0.4, -0.2) is 22.0 Å². The van der Waals surface area contributed by atoms with Crippen LogP contribution in [0, 0.1) is 13.8 Å². The van der Waals surface area contributed by atoms with E-state index in [1.807, 2.05) is 19.2 Å². The second-order valence-electron chi connectivity index (χ2n) is 6.91. The molecule has 134 valence electrons. The van der Waals surface area contributed by atoms with Gasteiger partial charge >= 0.3 is 0 Å². The van der Waals surface area contributed by atoms with Gasteiger partial charge in [0, 0.05) is 17.5 Å². The van der Waals surface area contributed by atoms with E-state index in [2.05, 4.69) is 28.5 Å². The van der Waals surface area contributed by atoms with Gasteiger partial charge in [0.05, 0.1) is 11.7 Å². The molecule has 0 radical (unpaired) electrons. The Bertz CT molecular complexity index is 1050. The first-order valence-electron chi connectivity index (χ1n) is 8.90. The lowest BCUT2D eigenvalue weighted by Gasteiger charge is -2.16. The monoisotopic (exact) mass is 367 g/mol. The number of carbonyl (C=O) groups excluding carboxylic acids is 1. The summed E-state index contributed by atoms with van der Waals surface area (Å²) in [5, 5.41) is 5.51. The maximum atomic E-state index is 13.3. The maximum absolute atomic E-state index is 13.3. The van der Waals surface area contributed by atoms with E-state index >= 15 is 0 Å². The molecule has 6 heteroatoms. The van der Waals surface area contributed by atoms with Crippen LogP contribution in [0.4, 0.5) is 0 Å². The summed E-state index contributed by atoms with van der Waals surface area (Å²) >= 11 is 1.47. The molecule has 26 heavy (non-hydrogen) atoms. The molecule has 2 aromatic heterocycles. The number of thiophene rings is 1. The summed E-state index contributed by atoms with van der Waals surface area (Å²) in [4.78, 5) is 30.9. The molecule has 1 atom stereocenters. The van der Waals surface area contributed by atoms with Gasteiger partial charge in [0.25, 0.3) is 5.56 Å². The number of rotatable bonds is 2. The van der Waals surface area contributed by atoms with Gasteiger partial charge in [-0.15, -0.1) is 11.3 Å².